The van der Waals surface area contributed by atoms with Gasteiger partial charge in [0.05, 0.1) is 19.3 Å². The van der Waals surface area contributed by atoms with Gasteiger partial charge in [0.15, 0.2) is 0 Å². The van der Waals surface area contributed by atoms with E-state index in [2.05, 4.69) is 5.32 Å². The van der Waals surface area contributed by atoms with Crippen LogP contribution in [0.15, 0.2) is 0 Å². The number of rotatable bonds is 4. The third-order valence-electron chi connectivity index (χ3n) is 1.89. The van der Waals surface area contributed by atoms with Crippen molar-refractivity contribution in [3.63, 3.8) is 0 Å². The van der Waals surface area contributed by atoms with Gasteiger partial charge in [-0.15, -0.1) is 0 Å². The Balaban J connectivity index is 1.96. The van der Waals surface area contributed by atoms with Gasteiger partial charge in [-0.25, -0.2) is 0 Å². The fourth-order valence-corrected chi connectivity index (χ4v) is 1.26. The third kappa shape index (κ3) is 3.70. The van der Waals surface area contributed by atoms with Gasteiger partial charge < -0.3 is 14.8 Å². The van der Waals surface area contributed by atoms with E-state index in [1.807, 2.05) is 0 Å². The molecular weight excluding hydrogens is 142 g/mol. The first-order chi connectivity index (χ1) is 5.43. The predicted molar refractivity (Wildman–Crippen MR) is 43.7 cm³/mol. The maximum atomic E-state index is 5.54. The van der Waals surface area contributed by atoms with Crippen molar-refractivity contribution < 1.29 is 9.47 Å². The molecule has 1 heterocycles. The standard InChI is InChI=1S/C8H17NO2/c1-10-5-6-11-8-3-2-4-9-7-8/h8-9H,2-7H2,1H3/t8-/m1/s1. The summed E-state index contributed by atoms with van der Waals surface area (Å²) in [6.45, 7) is 3.58. The molecular formula is C8H17NO2. The summed E-state index contributed by atoms with van der Waals surface area (Å²) >= 11 is 0. The molecule has 0 spiro atoms. The molecule has 1 atom stereocenters. The Labute approximate surface area is 68.1 Å². The molecule has 1 rings (SSSR count). The van der Waals surface area contributed by atoms with E-state index < -0.39 is 0 Å². The number of piperidine rings is 1. The maximum Gasteiger partial charge on any atom is 0.0704 e. The fourth-order valence-electron chi connectivity index (χ4n) is 1.26. The average Bonchev–Trinajstić information content (AvgIpc) is 2.07. The topological polar surface area (TPSA) is 30.5 Å². The van der Waals surface area contributed by atoms with Crippen LogP contribution in [0.3, 0.4) is 0 Å². The van der Waals surface area contributed by atoms with E-state index in [0.717, 1.165) is 19.7 Å². The van der Waals surface area contributed by atoms with Gasteiger partial charge >= 0.3 is 0 Å². The zero-order valence-corrected chi connectivity index (χ0v) is 7.14. The van der Waals surface area contributed by atoms with Gasteiger partial charge in [-0.1, -0.05) is 0 Å². The molecule has 0 saturated carbocycles. The van der Waals surface area contributed by atoms with Crippen LogP contribution in [-0.2, 0) is 9.47 Å². The van der Waals surface area contributed by atoms with Crippen LogP contribution < -0.4 is 5.32 Å². The number of hydrogen-bond donors (Lipinski definition) is 1. The molecule has 0 unspecified atom stereocenters. The van der Waals surface area contributed by atoms with Crippen LogP contribution in [0, 0.1) is 0 Å². The molecule has 1 saturated heterocycles. The summed E-state index contributed by atoms with van der Waals surface area (Å²) in [5.41, 5.74) is 0. The summed E-state index contributed by atoms with van der Waals surface area (Å²) < 4.78 is 10.4. The first kappa shape index (κ1) is 8.97. The molecule has 0 aromatic heterocycles. The van der Waals surface area contributed by atoms with Crippen LogP contribution in [-0.4, -0.2) is 39.5 Å². The van der Waals surface area contributed by atoms with Crippen molar-refractivity contribution in [2.75, 3.05) is 33.4 Å². The molecule has 1 aliphatic heterocycles. The van der Waals surface area contributed by atoms with Crippen LogP contribution >= 0.6 is 0 Å². The van der Waals surface area contributed by atoms with Crippen molar-refractivity contribution in [3.05, 3.63) is 0 Å². The summed E-state index contributed by atoms with van der Waals surface area (Å²) in [6.07, 6.45) is 2.84. The molecule has 0 bridgehead atoms. The molecule has 3 nitrogen and oxygen atoms in total. The lowest BCUT2D eigenvalue weighted by atomic mass is 10.1. The number of hydrogen-bond acceptors (Lipinski definition) is 3. The van der Waals surface area contributed by atoms with E-state index in [9.17, 15) is 0 Å². The summed E-state index contributed by atoms with van der Waals surface area (Å²) in [5, 5.41) is 3.30. The molecule has 0 radical (unpaired) electrons. The highest BCUT2D eigenvalue weighted by molar-refractivity contribution is 4.68. The van der Waals surface area contributed by atoms with E-state index in [1.54, 1.807) is 7.11 Å². The Hall–Kier alpha value is -0.120. The van der Waals surface area contributed by atoms with Gasteiger partial charge in [0, 0.05) is 13.7 Å². The molecule has 0 aromatic carbocycles. The van der Waals surface area contributed by atoms with Crippen LogP contribution in [0.2, 0.25) is 0 Å². The first-order valence-corrected chi connectivity index (χ1v) is 4.24. The molecule has 0 aliphatic carbocycles. The summed E-state index contributed by atoms with van der Waals surface area (Å²) in [4.78, 5) is 0. The van der Waals surface area contributed by atoms with Crippen molar-refractivity contribution in [2.24, 2.45) is 0 Å². The predicted octanol–water partition coefficient (Wildman–Crippen LogP) is 0.401. The second-order valence-corrected chi connectivity index (χ2v) is 2.83. The van der Waals surface area contributed by atoms with Crippen molar-refractivity contribution >= 4 is 0 Å². The minimum atomic E-state index is 0.416. The van der Waals surface area contributed by atoms with E-state index in [1.165, 1.54) is 12.8 Å². The highest BCUT2D eigenvalue weighted by Crippen LogP contribution is 2.04. The zero-order valence-electron chi connectivity index (χ0n) is 7.14. The van der Waals surface area contributed by atoms with E-state index in [-0.39, 0.29) is 0 Å². The number of methoxy groups -OCH3 is 1. The van der Waals surface area contributed by atoms with Gasteiger partial charge in [0.25, 0.3) is 0 Å². The van der Waals surface area contributed by atoms with Gasteiger partial charge in [-0.3, -0.25) is 0 Å². The molecule has 0 aromatic rings. The number of ether oxygens (including phenoxy) is 2. The Morgan fingerprint density at radius 2 is 2.36 bits per heavy atom. The van der Waals surface area contributed by atoms with Crippen molar-refractivity contribution in [1.82, 2.24) is 5.32 Å². The maximum absolute atomic E-state index is 5.54. The second kappa shape index (κ2) is 5.52. The van der Waals surface area contributed by atoms with E-state index in [0.29, 0.717) is 12.7 Å². The largest absolute Gasteiger partial charge is 0.382 e. The van der Waals surface area contributed by atoms with Gasteiger partial charge in [-0.05, 0) is 19.4 Å². The van der Waals surface area contributed by atoms with E-state index in [4.69, 9.17) is 9.47 Å². The molecule has 1 fully saturated rings. The summed E-state index contributed by atoms with van der Waals surface area (Å²) in [6, 6.07) is 0. The molecule has 3 heteroatoms. The first-order valence-electron chi connectivity index (χ1n) is 4.24. The quantitative estimate of drug-likeness (QED) is 0.602. The number of nitrogens with one attached hydrogen (secondary N) is 1. The van der Waals surface area contributed by atoms with Gasteiger partial charge in [-0.2, -0.15) is 0 Å². The van der Waals surface area contributed by atoms with E-state index >= 15 is 0 Å². The molecule has 1 aliphatic rings. The minimum Gasteiger partial charge on any atom is -0.382 e. The normalized spacial score (nSPS) is 25.4. The average molecular weight is 159 g/mol. The van der Waals surface area contributed by atoms with Gasteiger partial charge in [0.2, 0.25) is 0 Å². The fraction of sp³-hybridized carbons (Fsp3) is 1.00. The van der Waals surface area contributed by atoms with Crippen LogP contribution in [0.25, 0.3) is 0 Å². The van der Waals surface area contributed by atoms with Crippen LogP contribution in [0.5, 0.6) is 0 Å². The molecule has 11 heavy (non-hydrogen) atoms. The summed E-state index contributed by atoms with van der Waals surface area (Å²) in [7, 11) is 1.70. The summed E-state index contributed by atoms with van der Waals surface area (Å²) in [5.74, 6) is 0. The lowest BCUT2D eigenvalue weighted by Crippen LogP contribution is -2.35. The SMILES string of the molecule is COCCO[C@@H]1CCCNC1. The minimum absolute atomic E-state index is 0.416. The monoisotopic (exact) mass is 159 g/mol. The Bertz CT molecular complexity index is 92.1. The Kier molecular flexibility index (Phi) is 4.50. The van der Waals surface area contributed by atoms with Crippen molar-refractivity contribution in [1.29, 1.82) is 0 Å². The van der Waals surface area contributed by atoms with Gasteiger partial charge in [0.1, 0.15) is 0 Å². The molecule has 0 amide bonds. The molecule has 66 valence electrons. The van der Waals surface area contributed by atoms with Crippen LogP contribution in [0.4, 0.5) is 0 Å². The van der Waals surface area contributed by atoms with Crippen LogP contribution in [0.1, 0.15) is 12.8 Å². The highest BCUT2D eigenvalue weighted by atomic mass is 16.5. The zero-order chi connectivity index (χ0) is 7.94. The third-order valence-corrected chi connectivity index (χ3v) is 1.89. The lowest BCUT2D eigenvalue weighted by Gasteiger charge is -2.22. The highest BCUT2D eigenvalue weighted by Gasteiger charge is 2.11. The Morgan fingerprint density at radius 1 is 1.45 bits per heavy atom. The lowest BCUT2D eigenvalue weighted by molar-refractivity contribution is 0.00644. The van der Waals surface area contributed by atoms with Crippen molar-refractivity contribution in [3.8, 4) is 0 Å². The van der Waals surface area contributed by atoms with Crippen molar-refractivity contribution in [2.45, 2.75) is 18.9 Å². The Morgan fingerprint density at radius 3 is 3.00 bits per heavy atom. The smallest absolute Gasteiger partial charge is 0.0704 e. The second-order valence-electron chi connectivity index (χ2n) is 2.83. The molecule has 1 N–H and O–H groups in total.